The molecular weight excluding hydrogens is 378 g/mol. The Bertz CT molecular complexity index is 886. The van der Waals surface area contributed by atoms with Crippen LogP contribution in [0.2, 0.25) is 0 Å². The van der Waals surface area contributed by atoms with Crippen LogP contribution < -0.4 is 4.90 Å². The second kappa shape index (κ2) is 7.35. The summed E-state index contributed by atoms with van der Waals surface area (Å²) in [7, 11) is 0. The third-order valence-corrected chi connectivity index (χ3v) is 6.11. The van der Waals surface area contributed by atoms with Gasteiger partial charge in [-0.3, -0.25) is 19.3 Å². The SMILES string of the molecule is CC(C)CC(C(=O)N1CCc2c(F)cc(F)cc21)N1C(=O)C2CC=CCC2C1=O. The smallest absolute Gasteiger partial charge is 0.250 e. The van der Waals surface area contributed by atoms with Crippen molar-refractivity contribution in [2.24, 2.45) is 17.8 Å². The Kier molecular flexibility index (Phi) is 5.00. The second-order valence-corrected chi connectivity index (χ2v) is 8.47. The zero-order valence-electron chi connectivity index (χ0n) is 16.5. The summed E-state index contributed by atoms with van der Waals surface area (Å²) in [6.45, 7) is 4.03. The summed E-state index contributed by atoms with van der Waals surface area (Å²) in [5.74, 6) is -3.30. The summed E-state index contributed by atoms with van der Waals surface area (Å²) in [5, 5.41) is 0. The quantitative estimate of drug-likeness (QED) is 0.574. The maximum Gasteiger partial charge on any atom is 0.250 e. The van der Waals surface area contributed by atoms with Crippen LogP contribution in [0, 0.1) is 29.4 Å². The highest BCUT2D eigenvalue weighted by Gasteiger charge is 2.52. The highest BCUT2D eigenvalue weighted by molar-refractivity contribution is 6.11. The summed E-state index contributed by atoms with van der Waals surface area (Å²) >= 11 is 0. The molecule has 0 bridgehead atoms. The van der Waals surface area contributed by atoms with E-state index in [2.05, 4.69) is 0 Å². The fourth-order valence-electron chi connectivity index (χ4n) is 4.73. The third-order valence-electron chi connectivity index (χ3n) is 6.11. The normalized spacial score (nSPS) is 24.3. The van der Waals surface area contributed by atoms with E-state index < -0.39 is 35.4 Å². The van der Waals surface area contributed by atoms with Crippen molar-refractivity contribution < 1.29 is 23.2 Å². The molecule has 2 heterocycles. The number of imide groups is 1. The lowest BCUT2D eigenvalue weighted by atomic mass is 9.85. The Morgan fingerprint density at radius 3 is 2.31 bits per heavy atom. The van der Waals surface area contributed by atoms with Crippen molar-refractivity contribution in [1.29, 1.82) is 0 Å². The molecule has 29 heavy (non-hydrogen) atoms. The highest BCUT2D eigenvalue weighted by Crippen LogP contribution is 2.39. The van der Waals surface area contributed by atoms with Gasteiger partial charge in [-0.15, -0.1) is 0 Å². The van der Waals surface area contributed by atoms with Gasteiger partial charge in [-0.25, -0.2) is 8.78 Å². The fraction of sp³-hybridized carbons (Fsp3) is 0.500. The molecular formula is C22H24F2N2O3. The molecule has 3 atom stereocenters. The fourth-order valence-corrected chi connectivity index (χ4v) is 4.73. The van der Waals surface area contributed by atoms with Gasteiger partial charge in [0.25, 0.3) is 0 Å². The van der Waals surface area contributed by atoms with E-state index in [1.54, 1.807) is 0 Å². The first-order valence-corrected chi connectivity index (χ1v) is 10.1. The molecule has 2 aliphatic heterocycles. The number of carbonyl (C=O) groups excluding carboxylic acids is 3. The molecule has 3 amide bonds. The molecule has 1 aliphatic carbocycles. The lowest BCUT2D eigenvalue weighted by Gasteiger charge is -2.31. The van der Waals surface area contributed by atoms with E-state index in [0.29, 0.717) is 24.8 Å². The van der Waals surface area contributed by atoms with Gasteiger partial charge < -0.3 is 4.90 Å². The van der Waals surface area contributed by atoms with E-state index in [0.717, 1.165) is 17.0 Å². The number of fused-ring (bicyclic) bond motifs is 2. The molecule has 0 radical (unpaired) electrons. The van der Waals surface area contributed by atoms with Crippen molar-refractivity contribution in [3.05, 3.63) is 41.5 Å². The van der Waals surface area contributed by atoms with Gasteiger partial charge >= 0.3 is 0 Å². The zero-order chi connectivity index (χ0) is 20.9. The number of carbonyl (C=O) groups is 3. The standard InChI is InChI=1S/C22H24F2N2O3/c1-12(2)9-19(26-20(27)14-5-3-4-6-15(14)21(26)28)22(29)25-8-7-16-17(24)10-13(23)11-18(16)25/h3-4,10-12,14-15,19H,5-9H2,1-2H3. The number of benzene rings is 1. The molecule has 1 fully saturated rings. The Morgan fingerprint density at radius 1 is 1.10 bits per heavy atom. The number of allylic oxidation sites excluding steroid dienone is 2. The lowest BCUT2D eigenvalue weighted by molar-refractivity contribution is -0.147. The number of anilines is 1. The Labute approximate surface area is 168 Å². The summed E-state index contributed by atoms with van der Waals surface area (Å²) < 4.78 is 27.9. The number of amides is 3. The van der Waals surface area contributed by atoms with Gasteiger partial charge in [-0.2, -0.15) is 0 Å². The molecule has 0 aromatic heterocycles. The van der Waals surface area contributed by atoms with Crippen LogP contribution in [0.15, 0.2) is 24.3 Å². The summed E-state index contributed by atoms with van der Waals surface area (Å²) in [6, 6.07) is 0.995. The van der Waals surface area contributed by atoms with Crippen LogP contribution in [-0.4, -0.2) is 35.2 Å². The van der Waals surface area contributed by atoms with E-state index in [1.807, 2.05) is 26.0 Å². The van der Waals surface area contributed by atoms with Gasteiger partial charge in [0.1, 0.15) is 17.7 Å². The molecule has 0 N–H and O–H groups in total. The first-order valence-electron chi connectivity index (χ1n) is 10.1. The van der Waals surface area contributed by atoms with E-state index in [4.69, 9.17) is 0 Å². The molecule has 0 spiro atoms. The Hall–Kier alpha value is -2.57. The predicted molar refractivity (Wildman–Crippen MR) is 103 cm³/mol. The second-order valence-electron chi connectivity index (χ2n) is 8.47. The van der Waals surface area contributed by atoms with Crippen molar-refractivity contribution in [2.75, 3.05) is 11.4 Å². The Morgan fingerprint density at radius 2 is 1.72 bits per heavy atom. The van der Waals surface area contributed by atoms with Crippen molar-refractivity contribution in [1.82, 2.24) is 4.90 Å². The van der Waals surface area contributed by atoms with Gasteiger partial charge in [0.15, 0.2) is 0 Å². The number of nitrogens with zero attached hydrogens (tertiary/aromatic N) is 2. The number of hydrogen-bond donors (Lipinski definition) is 0. The number of likely N-dealkylation sites (tertiary alicyclic amines) is 1. The molecule has 154 valence electrons. The minimum absolute atomic E-state index is 0.0524. The topological polar surface area (TPSA) is 57.7 Å². The summed E-state index contributed by atoms with van der Waals surface area (Å²) in [6.07, 6.45) is 5.38. The molecule has 1 aromatic rings. The molecule has 4 rings (SSSR count). The zero-order valence-corrected chi connectivity index (χ0v) is 16.5. The van der Waals surface area contributed by atoms with Crippen molar-refractivity contribution in [3.8, 4) is 0 Å². The van der Waals surface area contributed by atoms with Crippen LogP contribution in [0.25, 0.3) is 0 Å². The maximum absolute atomic E-state index is 14.1. The summed E-state index contributed by atoms with van der Waals surface area (Å²) in [5.41, 5.74) is 0.486. The van der Waals surface area contributed by atoms with Crippen LogP contribution in [-0.2, 0) is 20.8 Å². The summed E-state index contributed by atoms with van der Waals surface area (Å²) in [4.78, 5) is 42.0. The first kappa shape index (κ1) is 19.7. The van der Waals surface area contributed by atoms with E-state index in [9.17, 15) is 23.2 Å². The van der Waals surface area contributed by atoms with Gasteiger partial charge in [-0.1, -0.05) is 26.0 Å². The minimum Gasteiger partial charge on any atom is -0.310 e. The van der Waals surface area contributed by atoms with Crippen LogP contribution >= 0.6 is 0 Å². The van der Waals surface area contributed by atoms with Crippen molar-refractivity contribution in [3.63, 3.8) is 0 Å². The highest BCUT2D eigenvalue weighted by atomic mass is 19.1. The Balaban J connectivity index is 1.68. The number of hydrogen-bond acceptors (Lipinski definition) is 3. The molecule has 0 saturated carbocycles. The molecule has 1 saturated heterocycles. The third kappa shape index (κ3) is 3.26. The molecule has 3 unspecified atom stereocenters. The van der Waals surface area contributed by atoms with Crippen molar-refractivity contribution >= 4 is 23.4 Å². The minimum atomic E-state index is -0.960. The van der Waals surface area contributed by atoms with E-state index >= 15 is 0 Å². The average Bonchev–Trinajstić information content (AvgIpc) is 3.20. The molecule has 5 nitrogen and oxygen atoms in total. The van der Waals surface area contributed by atoms with Gasteiger partial charge in [0, 0.05) is 18.2 Å². The molecule has 7 heteroatoms. The van der Waals surface area contributed by atoms with Crippen LogP contribution in [0.5, 0.6) is 0 Å². The van der Waals surface area contributed by atoms with Crippen LogP contribution in [0.1, 0.15) is 38.7 Å². The van der Waals surface area contributed by atoms with E-state index in [1.165, 1.54) is 4.90 Å². The predicted octanol–water partition coefficient (Wildman–Crippen LogP) is 3.22. The van der Waals surface area contributed by atoms with E-state index in [-0.39, 0.29) is 36.4 Å². The van der Waals surface area contributed by atoms with Crippen LogP contribution in [0.3, 0.4) is 0 Å². The molecule has 1 aromatic carbocycles. The van der Waals surface area contributed by atoms with Gasteiger partial charge in [-0.05, 0) is 37.7 Å². The first-order chi connectivity index (χ1) is 13.8. The molecule has 3 aliphatic rings. The number of halogens is 2. The van der Waals surface area contributed by atoms with Gasteiger partial charge in [0.05, 0.1) is 17.5 Å². The maximum atomic E-state index is 14.1. The van der Waals surface area contributed by atoms with Gasteiger partial charge in [0.2, 0.25) is 17.7 Å². The monoisotopic (exact) mass is 402 g/mol. The average molecular weight is 402 g/mol. The lowest BCUT2D eigenvalue weighted by Crippen LogP contribution is -2.51. The number of rotatable bonds is 4. The largest absolute Gasteiger partial charge is 0.310 e. The van der Waals surface area contributed by atoms with Crippen LogP contribution in [0.4, 0.5) is 14.5 Å². The van der Waals surface area contributed by atoms with Crippen molar-refractivity contribution in [2.45, 2.75) is 45.6 Å².